The number of nitrogens with zero attached hydrogens (tertiary/aromatic N) is 3. The van der Waals surface area contributed by atoms with E-state index in [4.69, 9.17) is 4.74 Å². The van der Waals surface area contributed by atoms with Crippen molar-refractivity contribution in [3.63, 3.8) is 0 Å². The van der Waals surface area contributed by atoms with E-state index in [-0.39, 0.29) is 22.3 Å². The number of benzene rings is 3. The number of carbonyl (C=O) groups is 3. The van der Waals surface area contributed by atoms with E-state index < -0.39 is 15.9 Å². The third kappa shape index (κ3) is 7.62. The summed E-state index contributed by atoms with van der Waals surface area (Å²) in [6.45, 7) is 5.12. The van der Waals surface area contributed by atoms with E-state index >= 15 is 0 Å². The Morgan fingerprint density at radius 3 is 2.14 bits per heavy atom. The maximum Gasteiger partial charge on any atom is 0.265 e. The number of rotatable bonds is 10. The van der Waals surface area contributed by atoms with E-state index in [9.17, 15) is 22.8 Å². The predicted molar refractivity (Wildman–Crippen MR) is 190 cm³/mol. The molecule has 49 heavy (non-hydrogen) atoms. The summed E-state index contributed by atoms with van der Waals surface area (Å²) in [5.41, 5.74) is 4.03. The second kappa shape index (κ2) is 14.5. The molecule has 2 aliphatic rings. The molecule has 2 saturated heterocycles. The molecule has 0 aliphatic carbocycles. The number of aromatic nitrogens is 1. The number of hydrogen-bond donors (Lipinski definition) is 1. The van der Waals surface area contributed by atoms with Crippen LogP contribution < -0.4 is 9.46 Å². The zero-order valence-electron chi connectivity index (χ0n) is 27.7. The average Bonchev–Trinajstić information content (AvgIpc) is 3.89. The van der Waals surface area contributed by atoms with Crippen molar-refractivity contribution in [1.29, 1.82) is 0 Å². The highest BCUT2D eigenvalue weighted by atomic mass is 32.2. The monoisotopic (exact) mass is 680 g/mol. The molecule has 0 spiro atoms. The molecule has 0 atom stereocenters. The Morgan fingerprint density at radius 2 is 1.49 bits per heavy atom. The number of nitrogens with one attached hydrogen (secondary N) is 1. The highest BCUT2D eigenvalue weighted by Gasteiger charge is 2.22. The zero-order chi connectivity index (χ0) is 34.5. The largest absolute Gasteiger partial charge is 0.496 e. The van der Waals surface area contributed by atoms with Gasteiger partial charge in [0.2, 0.25) is 11.8 Å². The summed E-state index contributed by atoms with van der Waals surface area (Å²) in [6.07, 6.45) is 12.9. The fourth-order valence-electron chi connectivity index (χ4n) is 6.41. The van der Waals surface area contributed by atoms with Gasteiger partial charge in [0.1, 0.15) is 5.75 Å². The molecule has 2 fully saturated rings. The van der Waals surface area contributed by atoms with Gasteiger partial charge in [0.05, 0.1) is 18.6 Å². The molecule has 0 radical (unpaired) electrons. The highest BCUT2D eigenvalue weighted by Crippen LogP contribution is 2.29. The lowest BCUT2D eigenvalue weighted by atomic mass is 10.1. The summed E-state index contributed by atoms with van der Waals surface area (Å²) < 4.78 is 35.8. The summed E-state index contributed by atoms with van der Waals surface area (Å²) in [6, 6.07) is 17.3. The van der Waals surface area contributed by atoms with E-state index in [1.165, 1.54) is 19.2 Å². The van der Waals surface area contributed by atoms with Gasteiger partial charge in [-0.05, 0) is 80.2 Å². The number of methoxy groups -OCH3 is 1. The molecule has 0 bridgehead atoms. The highest BCUT2D eigenvalue weighted by molar-refractivity contribution is 7.90. The Labute approximate surface area is 286 Å². The minimum absolute atomic E-state index is 0.00223. The molecule has 0 unspecified atom stereocenters. The number of amides is 3. The lowest BCUT2D eigenvalue weighted by Crippen LogP contribution is -2.31. The van der Waals surface area contributed by atoms with Gasteiger partial charge in [0.25, 0.3) is 15.9 Å². The Morgan fingerprint density at radius 1 is 0.837 bits per heavy atom. The number of fused-ring (bicyclic) bond motifs is 1. The second-order valence-corrected chi connectivity index (χ2v) is 14.1. The van der Waals surface area contributed by atoms with Crippen LogP contribution in [0.2, 0.25) is 0 Å². The molecule has 11 heteroatoms. The summed E-state index contributed by atoms with van der Waals surface area (Å²) in [5, 5.41) is 0.935. The second-order valence-electron chi connectivity index (χ2n) is 12.4. The number of likely N-dealkylation sites (tertiary alicyclic amines) is 2. The van der Waals surface area contributed by atoms with Gasteiger partial charge in [0.15, 0.2) is 0 Å². The van der Waals surface area contributed by atoms with Crippen LogP contribution in [0.3, 0.4) is 0 Å². The van der Waals surface area contributed by atoms with Crippen molar-refractivity contribution in [2.45, 2.75) is 44.0 Å². The Bertz CT molecular complexity index is 2070. The van der Waals surface area contributed by atoms with Crippen molar-refractivity contribution in [2.75, 3.05) is 33.3 Å². The normalized spacial score (nSPS) is 15.1. The van der Waals surface area contributed by atoms with Crippen LogP contribution in [0, 0.1) is 6.92 Å². The third-order valence-corrected chi connectivity index (χ3v) is 10.6. The van der Waals surface area contributed by atoms with E-state index in [0.29, 0.717) is 17.9 Å². The van der Waals surface area contributed by atoms with E-state index in [1.807, 2.05) is 50.9 Å². The van der Waals surface area contributed by atoms with Gasteiger partial charge in [0, 0.05) is 72.1 Å². The molecule has 2 aliphatic heterocycles. The van der Waals surface area contributed by atoms with Crippen LogP contribution in [0.15, 0.2) is 83.9 Å². The molecule has 254 valence electrons. The zero-order valence-corrected chi connectivity index (χ0v) is 28.5. The van der Waals surface area contributed by atoms with Crippen LogP contribution in [0.5, 0.6) is 5.75 Å². The van der Waals surface area contributed by atoms with Gasteiger partial charge in [-0.2, -0.15) is 0 Å². The molecule has 3 heterocycles. The summed E-state index contributed by atoms with van der Waals surface area (Å²) in [5.74, 6) is -0.373. The molecule has 10 nitrogen and oxygen atoms in total. The lowest BCUT2D eigenvalue weighted by Gasteiger charge is -2.13. The smallest absolute Gasteiger partial charge is 0.265 e. The van der Waals surface area contributed by atoms with Crippen molar-refractivity contribution in [3.8, 4) is 5.75 Å². The van der Waals surface area contributed by atoms with E-state index in [1.54, 1.807) is 49.4 Å². The number of aryl methyl sites for hydroxylation is 1. The first-order valence-corrected chi connectivity index (χ1v) is 18.0. The van der Waals surface area contributed by atoms with Crippen LogP contribution in [0.4, 0.5) is 0 Å². The van der Waals surface area contributed by atoms with Gasteiger partial charge < -0.3 is 19.1 Å². The van der Waals surface area contributed by atoms with Gasteiger partial charge in [-0.15, -0.1) is 0 Å². The molecule has 1 N–H and O–H groups in total. The first kappa shape index (κ1) is 33.7. The number of carbonyl (C=O) groups excluding carboxylic acids is 3. The van der Waals surface area contributed by atoms with Crippen molar-refractivity contribution in [3.05, 3.63) is 107 Å². The Hall–Kier alpha value is -5.16. The van der Waals surface area contributed by atoms with Crippen LogP contribution in [-0.4, -0.2) is 73.8 Å². The minimum atomic E-state index is -4.08. The SMILES string of the molecule is COc1cc(C(=O)NS(=O)(=O)c2ccccc2C)ccc1Cn1cc(C=CC(=O)N2CCCC2)c2ccc(C=CC(=O)N3CCCC3)cc21. The molecule has 0 saturated carbocycles. The van der Waals surface area contributed by atoms with E-state index in [0.717, 1.165) is 79.5 Å². The quantitative estimate of drug-likeness (QED) is 0.224. The molecule has 3 aromatic carbocycles. The first-order valence-electron chi connectivity index (χ1n) is 16.5. The fourth-order valence-corrected chi connectivity index (χ4v) is 7.63. The molecule has 6 rings (SSSR count). The van der Waals surface area contributed by atoms with Crippen molar-refractivity contribution < 1.29 is 27.5 Å². The lowest BCUT2D eigenvalue weighted by molar-refractivity contribution is -0.125. The van der Waals surface area contributed by atoms with Crippen LogP contribution in [0.25, 0.3) is 23.1 Å². The van der Waals surface area contributed by atoms with Crippen molar-refractivity contribution >= 4 is 50.8 Å². The maximum atomic E-state index is 13.1. The summed E-state index contributed by atoms with van der Waals surface area (Å²) in [7, 11) is -2.59. The topological polar surface area (TPSA) is 118 Å². The Balaban J connectivity index is 1.29. The Kier molecular flexibility index (Phi) is 10.0. The number of sulfonamides is 1. The average molecular weight is 681 g/mol. The van der Waals surface area contributed by atoms with Crippen LogP contribution >= 0.6 is 0 Å². The van der Waals surface area contributed by atoms with Crippen molar-refractivity contribution in [1.82, 2.24) is 19.1 Å². The molecule has 4 aromatic rings. The van der Waals surface area contributed by atoms with E-state index in [2.05, 4.69) is 4.72 Å². The third-order valence-electron chi connectivity index (χ3n) is 9.10. The van der Waals surface area contributed by atoms with Crippen LogP contribution in [0.1, 0.15) is 58.3 Å². The molecule has 3 amide bonds. The van der Waals surface area contributed by atoms with Crippen LogP contribution in [-0.2, 0) is 26.2 Å². The summed E-state index contributed by atoms with van der Waals surface area (Å²) in [4.78, 5) is 42.3. The number of hydrogen-bond acceptors (Lipinski definition) is 6. The number of ether oxygens (including phenoxy) is 1. The first-order chi connectivity index (χ1) is 23.6. The molecule has 1 aromatic heterocycles. The predicted octanol–water partition coefficient (Wildman–Crippen LogP) is 5.40. The minimum Gasteiger partial charge on any atom is -0.496 e. The van der Waals surface area contributed by atoms with Gasteiger partial charge in [-0.25, -0.2) is 13.1 Å². The maximum absolute atomic E-state index is 13.1. The molecular weight excluding hydrogens is 641 g/mol. The van der Waals surface area contributed by atoms with Crippen molar-refractivity contribution in [2.24, 2.45) is 0 Å². The molecular formula is C38H40N4O6S. The summed E-state index contributed by atoms with van der Waals surface area (Å²) >= 11 is 0. The fraction of sp³-hybridized carbons (Fsp3) is 0.289. The van der Waals surface area contributed by atoms with Gasteiger partial charge in [-0.3, -0.25) is 14.4 Å². The standard InChI is InChI=1S/C38H40N4O6S/c1-27-9-3-4-10-35(27)49(46,47)39-38(45)29-13-14-31(34(24-29)48-2)26-42-25-30(15-18-37(44)41-21-7-8-22-41)32-16-11-28(23-33(32)42)12-17-36(43)40-19-5-6-20-40/h3-4,9-18,23-25H,5-8,19-22,26H2,1-2H3,(H,39,45). The van der Waals surface area contributed by atoms with Gasteiger partial charge in [-0.1, -0.05) is 36.4 Å². The van der Waals surface area contributed by atoms with Gasteiger partial charge >= 0.3 is 0 Å².